The van der Waals surface area contributed by atoms with E-state index in [9.17, 15) is 0 Å². The quantitative estimate of drug-likeness (QED) is 0.381. The predicted octanol–water partition coefficient (Wildman–Crippen LogP) is 4.63. The fourth-order valence-electron chi connectivity index (χ4n) is 6.25. The van der Waals surface area contributed by atoms with E-state index >= 15 is 4.39 Å². The number of fused-ring (bicyclic) bond motifs is 1. The van der Waals surface area contributed by atoms with Crippen molar-refractivity contribution in [1.82, 2.24) is 25.1 Å². The normalized spacial score (nSPS) is 21.9. The van der Waals surface area contributed by atoms with Gasteiger partial charge in [0, 0.05) is 68.4 Å². The molecule has 6 heterocycles. The lowest BCUT2D eigenvalue weighted by Gasteiger charge is -2.34. The standard InChI is InChI=1S/C31H36FN7O2/c1-21-20-40-17-15-38(21)28-19-25(23-6-5-22(18-26(23)32)37-13-11-33-12-14-37)24-7-9-34-31(30(24)36-28)27-8-10-35-39(27)29-4-2-3-16-41-29/h5-10,18-19,21,29,33H,2-4,11-17,20H2,1H3. The maximum Gasteiger partial charge on any atom is 0.150 e. The summed E-state index contributed by atoms with van der Waals surface area (Å²) in [5, 5.41) is 8.84. The van der Waals surface area contributed by atoms with Crippen molar-refractivity contribution in [1.29, 1.82) is 0 Å². The fraction of sp³-hybridized carbons (Fsp3) is 0.452. The lowest BCUT2D eigenvalue weighted by atomic mass is 9.98. The number of pyridine rings is 2. The summed E-state index contributed by atoms with van der Waals surface area (Å²) in [6, 6.07) is 11.7. The van der Waals surface area contributed by atoms with Crippen LogP contribution in [0.3, 0.4) is 0 Å². The highest BCUT2D eigenvalue weighted by Gasteiger charge is 2.26. The summed E-state index contributed by atoms with van der Waals surface area (Å²) in [7, 11) is 0. The second-order valence-electron chi connectivity index (χ2n) is 11.1. The Balaban J connectivity index is 1.39. The van der Waals surface area contributed by atoms with Gasteiger partial charge in [-0.3, -0.25) is 4.98 Å². The van der Waals surface area contributed by atoms with Gasteiger partial charge in [-0.25, -0.2) is 14.1 Å². The average molecular weight is 558 g/mol. The minimum absolute atomic E-state index is 0.136. The number of anilines is 2. The maximum atomic E-state index is 16.0. The molecule has 0 amide bonds. The number of benzene rings is 1. The maximum absolute atomic E-state index is 16.0. The Kier molecular flexibility index (Phi) is 7.28. The Labute approximate surface area is 239 Å². The molecule has 7 rings (SSSR count). The van der Waals surface area contributed by atoms with Crippen molar-refractivity contribution in [2.45, 2.75) is 38.5 Å². The summed E-state index contributed by atoms with van der Waals surface area (Å²) in [5.41, 5.74) is 4.56. The number of hydrogen-bond acceptors (Lipinski definition) is 8. The van der Waals surface area contributed by atoms with E-state index in [1.54, 1.807) is 18.5 Å². The molecule has 3 aliphatic heterocycles. The van der Waals surface area contributed by atoms with Gasteiger partial charge in [-0.1, -0.05) is 0 Å². The monoisotopic (exact) mass is 557 g/mol. The van der Waals surface area contributed by atoms with Gasteiger partial charge in [0.15, 0.2) is 6.23 Å². The van der Waals surface area contributed by atoms with Gasteiger partial charge in [0.2, 0.25) is 0 Å². The molecular weight excluding hydrogens is 521 g/mol. The first-order valence-electron chi connectivity index (χ1n) is 14.7. The van der Waals surface area contributed by atoms with E-state index < -0.39 is 0 Å². The number of halogens is 1. The number of morpholine rings is 1. The summed E-state index contributed by atoms with van der Waals surface area (Å²) in [4.78, 5) is 14.5. The second kappa shape index (κ2) is 11.3. The van der Waals surface area contributed by atoms with Crippen LogP contribution in [0.4, 0.5) is 15.9 Å². The van der Waals surface area contributed by atoms with Gasteiger partial charge >= 0.3 is 0 Å². The molecule has 1 aromatic carbocycles. The highest BCUT2D eigenvalue weighted by atomic mass is 19.1. The Morgan fingerprint density at radius 3 is 2.68 bits per heavy atom. The van der Waals surface area contributed by atoms with Gasteiger partial charge in [-0.2, -0.15) is 5.10 Å². The third kappa shape index (κ3) is 5.05. The number of nitrogens with one attached hydrogen (secondary N) is 1. The van der Waals surface area contributed by atoms with Crippen molar-refractivity contribution in [2.24, 2.45) is 0 Å². The summed E-state index contributed by atoms with van der Waals surface area (Å²) < 4.78 is 29.7. The Hall–Kier alpha value is -3.60. The first-order chi connectivity index (χ1) is 20.2. The fourth-order valence-corrected chi connectivity index (χ4v) is 6.25. The summed E-state index contributed by atoms with van der Waals surface area (Å²) in [5.74, 6) is 0.552. The van der Waals surface area contributed by atoms with Crippen LogP contribution >= 0.6 is 0 Å². The molecule has 3 aliphatic rings. The topological polar surface area (TPSA) is 80.6 Å². The minimum atomic E-state index is -0.242. The van der Waals surface area contributed by atoms with E-state index in [1.165, 1.54) is 0 Å². The summed E-state index contributed by atoms with van der Waals surface area (Å²) >= 11 is 0. The van der Waals surface area contributed by atoms with Crippen LogP contribution in [-0.4, -0.2) is 78.3 Å². The van der Waals surface area contributed by atoms with Crippen molar-refractivity contribution in [2.75, 3.05) is 62.3 Å². The number of ether oxygens (including phenoxy) is 2. The zero-order chi connectivity index (χ0) is 27.8. The molecular formula is C31H36FN7O2. The van der Waals surface area contributed by atoms with E-state index in [0.29, 0.717) is 25.3 Å². The van der Waals surface area contributed by atoms with Gasteiger partial charge in [0.1, 0.15) is 22.8 Å². The first-order valence-corrected chi connectivity index (χ1v) is 14.7. The van der Waals surface area contributed by atoms with Crippen LogP contribution in [-0.2, 0) is 9.47 Å². The molecule has 0 saturated carbocycles. The largest absolute Gasteiger partial charge is 0.377 e. The van der Waals surface area contributed by atoms with E-state index in [4.69, 9.17) is 19.4 Å². The summed E-state index contributed by atoms with van der Waals surface area (Å²) in [6.45, 7) is 8.34. The summed E-state index contributed by atoms with van der Waals surface area (Å²) in [6.07, 6.45) is 6.49. The number of piperazine rings is 1. The van der Waals surface area contributed by atoms with Crippen molar-refractivity contribution in [3.8, 4) is 22.5 Å². The SMILES string of the molecule is CC1COCCN1c1cc(-c2ccc(N3CCNCC3)cc2F)c2ccnc(-c3ccnn3C3CCCCO3)c2n1. The molecule has 0 aliphatic carbocycles. The van der Waals surface area contributed by atoms with Crippen molar-refractivity contribution in [3.63, 3.8) is 0 Å². The van der Waals surface area contributed by atoms with Crippen molar-refractivity contribution < 1.29 is 13.9 Å². The van der Waals surface area contributed by atoms with Crippen molar-refractivity contribution >= 4 is 22.4 Å². The average Bonchev–Trinajstić information content (AvgIpc) is 3.51. The molecule has 3 fully saturated rings. The predicted molar refractivity (Wildman–Crippen MR) is 158 cm³/mol. The third-order valence-electron chi connectivity index (χ3n) is 8.44. The van der Waals surface area contributed by atoms with Crippen LogP contribution in [0.25, 0.3) is 33.4 Å². The zero-order valence-corrected chi connectivity index (χ0v) is 23.4. The molecule has 2 atom stereocenters. The van der Waals surface area contributed by atoms with Crippen LogP contribution in [0.5, 0.6) is 0 Å². The smallest absolute Gasteiger partial charge is 0.150 e. The molecule has 0 spiro atoms. The lowest BCUT2D eigenvalue weighted by Crippen LogP contribution is -2.44. The minimum Gasteiger partial charge on any atom is -0.377 e. The number of aromatic nitrogens is 4. The van der Waals surface area contributed by atoms with Crippen molar-refractivity contribution in [3.05, 3.63) is 54.6 Å². The molecule has 1 N–H and O–H groups in total. The van der Waals surface area contributed by atoms with E-state index in [0.717, 1.165) is 91.4 Å². The van der Waals surface area contributed by atoms with Gasteiger partial charge in [0.25, 0.3) is 0 Å². The number of nitrogens with zero attached hydrogens (tertiary/aromatic N) is 6. The molecule has 2 unspecified atom stereocenters. The Morgan fingerprint density at radius 1 is 0.976 bits per heavy atom. The number of hydrogen-bond donors (Lipinski definition) is 1. The first kappa shape index (κ1) is 26.3. The van der Waals surface area contributed by atoms with E-state index in [2.05, 4.69) is 27.1 Å². The molecule has 0 radical (unpaired) electrons. The molecule has 3 aromatic heterocycles. The van der Waals surface area contributed by atoms with Crippen LogP contribution < -0.4 is 15.1 Å². The lowest BCUT2D eigenvalue weighted by molar-refractivity contribution is -0.0383. The van der Waals surface area contributed by atoms with Gasteiger partial charge in [0.05, 0.1) is 24.9 Å². The van der Waals surface area contributed by atoms with Gasteiger partial charge in [-0.15, -0.1) is 0 Å². The highest BCUT2D eigenvalue weighted by molar-refractivity contribution is 6.01. The van der Waals surface area contributed by atoms with E-state index in [-0.39, 0.29) is 18.1 Å². The Morgan fingerprint density at radius 2 is 1.88 bits per heavy atom. The van der Waals surface area contributed by atoms with Crippen LogP contribution in [0.1, 0.15) is 32.4 Å². The molecule has 0 bridgehead atoms. The zero-order valence-electron chi connectivity index (χ0n) is 23.4. The molecule has 4 aromatic rings. The second-order valence-corrected chi connectivity index (χ2v) is 11.1. The van der Waals surface area contributed by atoms with Crippen LogP contribution in [0, 0.1) is 5.82 Å². The number of rotatable bonds is 5. The highest BCUT2D eigenvalue weighted by Crippen LogP contribution is 2.38. The van der Waals surface area contributed by atoms with Gasteiger partial charge < -0.3 is 24.6 Å². The van der Waals surface area contributed by atoms with E-state index in [1.807, 2.05) is 35.0 Å². The van der Waals surface area contributed by atoms with Crippen LogP contribution in [0.15, 0.2) is 48.8 Å². The third-order valence-corrected chi connectivity index (χ3v) is 8.44. The molecule has 3 saturated heterocycles. The molecule has 10 heteroatoms. The van der Waals surface area contributed by atoms with Gasteiger partial charge in [-0.05, 0) is 68.1 Å². The molecule has 9 nitrogen and oxygen atoms in total. The molecule has 214 valence electrons. The van der Waals surface area contributed by atoms with Crippen LogP contribution in [0.2, 0.25) is 0 Å². The Bertz CT molecular complexity index is 1530. The molecule has 41 heavy (non-hydrogen) atoms.